The highest BCUT2D eigenvalue weighted by Gasteiger charge is 2.26. The predicted octanol–water partition coefficient (Wildman–Crippen LogP) is 4.21. The van der Waals surface area contributed by atoms with E-state index in [2.05, 4.69) is 4.57 Å². The molecule has 0 saturated heterocycles. The van der Waals surface area contributed by atoms with Crippen molar-refractivity contribution in [3.8, 4) is 22.3 Å². The van der Waals surface area contributed by atoms with Crippen LogP contribution in [0.25, 0.3) is 22.3 Å². The fourth-order valence-corrected chi connectivity index (χ4v) is 4.44. The summed E-state index contributed by atoms with van der Waals surface area (Å²) in [5, 5.41) is 5.81. The molecule has 26 heavy (non-hydrogen) atoms. The predicted molar refractivity (Wildman–Crippen MR) is 100.0 cm³/mol. The zero-order valence-electron chi connectivity index (χ0n) is 13.7. The van der Waals surface area contributed by atoms with Gasteiger partial charge in [0.05, 0.1) is 4.90 Å². The molecule has 4 nitrogen and oxygen atoms in total. The van der Waals surface area contributed by atoms with Crippen LogP contribution < -0.4 is 5.14 Å². The molecule has 134 valence electrons. The number of primary sulfonamides is 1. The van der Waals surface area contributed by atoms with Gasteiger partial charge in [0.1, 0.15) is 11.0 Å². The first kappa shape index (κ1) is 17.3. The van der Waals surface area contributed by atoms with Gasteiger partial charge in [-0.1, -0.05) is 35.9 Å². The van der Waals surface area contributed by atoms with E-state index in [-0.39, 0.29) is 10.7 Å². The number of nitrogens with two attached hydrogens (primary N) is 1. The molecule has 1 aromatic heterocycles. The highest BCUT2D eigenvalue weighted by molar-refractivity contribution is 7.89. The van der Waals surface area contributed by atoms with Crippen LogP contribution in [0.15, 0.2) is 53.4 Å². The van der Waals surface area contributed by atoms with E-state index in [1.165, 1.54) is 24.3 Å². The van der Waals surface area contributed by atoms with Crippen molar-refractivity contribution < 1.29 is 12.8 Å². The average Bonchev–Trinajstić information content (AvgIpc) is 3.17. The Labute approximate surface area is 156 Å². The zero-order valence-corrected chi connectivity index (χ0v) is 15.3. The number of aromatic nitrogens is 1. The fourth-order valence-electron chi connectivity index (χ4n) is 3.54. The van der Waals surface area contributed by atoms with Crippen LogP contribution in [0.2, 0.25) is 5.15 Å². The van der Waals surface area contributed by atoms with Gasteiger partial charge in [0.15, 0.2) is 0 Å². The molecule has 1 aliphatic heterocycles. The van der Waals surface area contributed by atoms with Crippen LogP contribution in [0.5, 0.6) is 0 Å². The molecule has 0 atom stereocenters. The van der Waals surface area contributed by atoms with Crippen molar-refractivity contribution in [1.82, 2.24) is 4.57 Å². The molecule has 2 aromatic carbocycles. The van der Waals surface area contributed by atoms with Crippen molar-refractivity contribution in [2.24, 2.45) is 5.14 Å². The fraction of sp³-hybridized carbons (Fsp3) is 0.158. The second-order valence-corrected chi connectivity index (χ2v) is 8.24. The van der Waals surface area contributed by atoms with Crippen LogP contribution in [0.1, 0.15) is 12.1 Å². The summed E-state index contributed by atoms with van der Waals surface area (Å²) in [6.07, 6.45) is 1.88. The number of benzene rings is 2. The lowest BCUT2D eigenvalue weighted by molar-refractivity contribution is 0.598. The van der Waals surface area contributed by atoms with E-state index in [1.54, 1.807) is 24.3 Å². The van der Waals surface area contributed by atoms with E-state index in [9.17, 15) is 12.8 Å². The second-order valence-electron chi connectivity index (χ2n) is 6.32. The average molecular weight is 391 g/mol. The van der Waals surface area contributed by atoms with Crippen LogP contribution >= 0.6 is 11.6 Å². The molecule has 0 amide bonds. The molecule has 0 spiro atoms. The van der Waals surface area contributed by atoms with Gasteiger partial charge in [-0.2, -0.15) is 0 Å². The van der Waals surface area contributed by atoms with Gasteiger partial charge in [0.25, 0.3) is 0 Å². The highest BCUT2D eigenvalue weighted by atomic mass is 35.5. The molecule has 0 unspecified atom stereocenters. The number of rotatable bonds is 3. The van der Waals surface area contributed by atoms with E-state index in [1.807, 2.05) is 0 Å². The third-order valence-corrected chi connectivity index (χ3v) is 6.03. The maximum atomic E-state index is 13.3. The summed E-state index contributed by atoms with van der Waals surface area (Å²) in [5.41, 5.74) is 4.58. The van der Waals surface area contributed by atoms with Gasteiger partial charge >= 0.3 is 0 Å². The van der Waals surface area contributed by atoms with Crippen LogP contribution in [-0.4, -0.2) is 13.0 Å². The molecule has 1 aliphatic rings. The normalized spacial score (nSPS) is 13.8. The Morgan fingerprint density at radius 3 is 2.15 bits per heavy atom. The van der Waals surface area contributed by atoms with Gasteiger partial charge in [-0.05, 0) is 48.2 Å². The lowest BCUT2D eigenvalue weighted by Crippen LogP contribution is -2.11. The van der Waals surface area contributed by atoms with Gasteiger partial charge in [0, 0.05) is 23.4 Å². The van der Waals surface area contributed by atoms with Crippen molar-refractivity contribution in [3.63, 3.8) is 0 Å². The van der Waals surface area contributed by atoms with E-state index >= 15 is 0 Å². The molecule has 2 N–H and O–H groups in total. The second kappa shape index (κ2) is 6.23. The van der Waals surface area contributed by atoms with Crippen molar-refractivity contribution in [3.05, 3.63) is 65.2 Å². The summed E-state index contributed by atoms with van der Waals surface area (Å²) in [6, 6.07) is 12.7. The maximum absolute atomic E-state index is 13.3. The van der Waals surface area contributed by atoms with E-state index in [0.717, 1.165) is 47.3 Å². The first-order valence-corrected chi connectivity index (χ1v) is 10.1. The highest BCUT2D eigenvalue weighted by Crippen LogP contribution is 2.45. The Hall–Kier alpha value is -2.15. The van der Waals surface area contributed by atoms with Crippen LogP contribution in [0, 0.1) is 5.82 Å². The molecule has 3 aromatic rings. The topological polar surface area (TPSA) is 65.1 Å². The van der Waals surface area contributed by atoms with Crippen molar-refractivity contribution in [1.29, 1.82) is 0 Å². The Morgan fingerprint density at radius 1 is 0.962 bits per heavy atom. The van der Waals surface area contributed by atoms with Gasteiger partial charge in [-0.3, -0.25) is 0 Å². The first-order chi connectivity index (χ1) is 12.4. The molecule has 0 saturated carbocycles. The number of hydrogen-bond donors (Lipinski definition) is 1. The SMILES string of the molecule is NS(=O)(=O)c1ccc(-c2c(-c3ccc(F)cc3)c(Cl)n3c2CCC3)cc1. The summed E-state index contributed by atoms with van der Waals surface area (Å²) < 4.78 is 38.4. The minimum Gasteiger partial charge on any atom is -0.335 e. The first-order valence-electron chi connectivity index (χ1n) is 8.16. The summed E-state index contributed by atoms with van der Waals surface area (Å²) in [4.78, 5) is 0.0616. The molecule has 0 radical (unpaired) electrons. The standard InChI is InChI=1S/C19H16ClFN2O2S/c20-19-18(13-3-7-14(21)8-4-13)17(16-2-1-11-23(16)19)12-5-9-15(10-6-12)26(22,24)25/h3-10H,1-2,11H2,(H2,22,24,25). The Kier molecular flexibility index (Phi) is 4.14. The minimum absolute atomic E-state index is 0.0616. The lowest BCUT2D eigenvalue weighted by atomic mass is 9.95. The molecular formula is C19H16ClFN2O2S. The Balaban J connectivity index is 1.93. The number of sulfonamides is 1. The minimum atomic E-state index is -3.75. The van der Waals surface area contributed by atoms with Gasteiger partial charge < -0.3 is 4.57 Å². The van der Waals surface area contributed by atoms with E-state index in [0.29, 0.717) is 5.15 Å². The molecule has 4 rings (SSSR count). The third-order valence-electron chi connectivity index (χ3n) is 4.71. The van der Waals surface area contributed by atoms with Gasteiger partial charge in [0.2, 0.25) is 10.0 Å². The monoisotopic (exact) mass is 390 g/mol. The van der Waals surface area contributed by atoms with Gasteiger partial charge in [-0.15, -0.1) is 0 Å². The number of halogens is 2. The summed E-state index contributed by atoms with van der Waals surface area (Å²) in [7, 11) is -3.75. The summed E-state index contributed by atoms with van der Waals surface area (Å²) in [5.74, 6) is -0.310. The summed E-state index contributed by atoms with van der Waals surface area (Å²) in [6.45, 7) is 0.831. The smallest absolute Gasteiger partial charge is 0.238 e. The summed E-state index contributed by atoms with van der Waals surface area (Å²) >= 11 is 6.66. The van der Waals surface area contributed by atoms with Crippen LogP contribution in [-0.2, 0) is 23.0 Å². The van der Waals surface area contributed by atoms with Crippen LogP contribution in [0.3, 0.4) is 0 Å². The quantitative estimate of drug-likeness (QED) is 0.728. The molecule has 2 heterocycles. The Morgan fingerprint density at radius 2 is 1.54 bits per heavy atom. The Bertz CT molecular complexity index is 1090. The van der Waals surface area contributed by atoms with Gasteiger partial charge in [-0.25, -0.2) is 17.9 Å². The maximum Gasteiger partial charge on any atom is 0.238 e. The van der Waals surface area contributed by atoms with Crippen molar-refractivity contribution in [2.75, 3.05) is 0 Å². The lowest BCUT2D eigenvalue weighted by Gasteiger charge is -2.09. The molecule has 0 bridgehead atoms. The van der Waals surface area contributed by atoms with Crippen LogP contribution in [0.4, 0.5) is 4.39 Å². The largest absolute Gasteiger partial charge is 0.335 e. The number of nitrogens with zero attached hydrogens (tertiary/aromatic N) is 1. The molecule has 0 aliphatic carbocycles. The zero-order chi connectivity index (χ0) is 18.5. The van der Waals surface area contributed by atoms with E-state index < -0.39 is 10.0 Å². The van der Waals surface area contributed by atoms with E-state index in [4.69, 9.17) is 16.7 Å². The molecular weight excluding hydrogens is 375 g/mol. The number of hydrogen-bond acceptors (Lipinski definition) is 2. The van der Waals surface area contributed by atoms with Crippen molar-refractivity contribution >= 4 is 21.6 Å². The molecule has 0 fully saturated rings. The number of fused-ring (bicyclic) bond motifs is 1. The molecule has 7 heteroatoms. The van der Waals surface area contributed by atoms with Crippen molar-refractivity contribution in [2.45, 2.75) is 24.3 Å². The third kappa shape index (κ3) is 2.84.